The second-order valence-electron chi connectivity index (χ2n) is 6.17. The van der Waals surface area contributed by atoms with Gasteiger partial charge in [0.2, 0.25) is 0 Å². The first-order valence-corrected chi connectivity index (χ1v) is 8.50. The molecule has 1 N–H and O–H groups in total. The van der Waals surface area contributed by atoms with Crippen LogP contribution in [0.4, 0.5) is 0 Å². The predicted octanol–water partition coefficient (Wildman–Crippen LogP) is 2.42. The van der Waals surface area contributed by atoms with E-state index in [9.17, 15) is 9.59 Å². The van der Waals surface area contributed by atoms with Crippen molar-refractivity contribution in [3.63, 3.8) is 0 Å². The van der Waals surface area contributed by atoms with E-state index in [0.717, 1.165) is 32.1 Å². The Kier molecular flexibility index (Phi) is 6.46. The van der Waals surface area contributed by atoms with Gasteiger partial charge in [-0.1, -0.05) is 25.7 Å². The number of hydrogen-bond donors (Lipinski definition) is 1. The molecule has 5 heteroatoms. The van der Waals surface area contributed by atoms with Gasteiger partial charge in [-0.2, -0.15) is 0 Å². The number of aromatic amines is 1. The van der Waals surface area contributed by atoms with Crippen LogP contribution in [-0.2, 0) is 4.74 Å². The number of ether oxygens (including phenoxy) is 1. The van der Waals surface area contributed by atoms with Gasteiger partial charge < -0.3 is 4.74 Å². The van der Waals surface area contributed by atoms with E-state index < -0.39 is 11.2 Å². The Morgan fingerprint density at radius 3 is 2.79 bits per heavy atom. The molecule has 0 amide bonds. The van der Waals surface area contributed by atoms with Crippen LogP contribution in [0.3, 0.4) is 0 Å². The molecule has 0 aromatic carbocycles. The summed E-state index contributed by atoms with van der Waals surface area (Å²) in [6.45, 7) is 4.18. The highest BCUT2D eigenvalue weighted by molar-refractivity contribution is 5.29. The lowest BCUT2D eigenvalue weighted by molar-refractivity contribution is -0.00762. The van der Waals surface area contributed by atoms with Gasteiger partial charge in [0.15, 0.2) is 0 Å². The average Bonchev–Trinajstić information content (AvgIpc) is 2.93. The van der Waals surface area contributed by atoms with Crippen LogP contribution >= 0.6 is 0 Å². The van der Waals surface area contributed by atoms with Gasteiger partial charge in [0.05, 0.1) is 6.10 Å². The van der Waals surface area contributed by atoms with Gasteiger partial charge >= 0.3 is 5.69 Å². The fourth-order valence-corrected chi connectivity index (χ4v) is 2.93. The maximum atomic E-state index is 12.1. The van der Waals surface area contributed by atoms with E-state index in [1.54, 1.807) is 0 Å². The Morgan fingerprint density at radius 2 is 2.12 bits per heavy atom. The SMILES string of the molecule is C#CCCCCC#Cc1cn([C@H]2C[C@@H](C)[C@@H](CC)O2)c(=O)[nH]c1=O. The highest BCUT2D eigenvalue weighted by Gasteiger charge is 2.32. The molecule has 1 aliphatic heterocycles. The van der Waals surface area contributed by atoms with E-state index in [-0.39, 0.29) is 12.3 Å². The summed E-state index contributed by atoms with van der Waals surface area (Å²) in [4.78, 5) is 26.3. The summed E-state index contributed by atoms with van der Waals surface area (Å²) in [5, 5.41) is 0. The number of rotatable bonds is 5. The van der Waals surface area contributed by atoms with Crippen LogP contribution in [-0.4, -0.2) is 15.7 Å². The Hall–Kier alpha value is -2.24. The molecule has 2 rings (SSSR count). The quantitative estimate of drug-likeness (QED) is 0.667. The lowest BCUT2D eigenvalue weighted by Gasteiger charge is -2.15. The molecule has 2 heterocycles. The third-order valence-electron chi connectivity index (χ3n) is 4.32. The molecular formula is C19H24N2O3. The Labute approximate surface area is 142 Å². The Balaban J connectivity index is 2.15. The minimum Gasteiger partial charge on any atom is -0.354 e. The number of hydrogen-bond acceptors (Lipinski definition) is 3. The number of unbranched alkanes of at least 4 members (excludes halogenated alkanes) is 3. The third-order valence-corrected chi connectivity index (χ3v) is 4.32. The molecule has 3 atom stereocenters. The van der Waals surface area contributed by atoms with Crippen LogP contribution in [0.25, 0.3) is 0 Å². The van der Waals surface area contributed by atoms with Crippen LogP contribution in [0, 0.1) is 30.1 Å². The standard InChI is InChI=1S/C19H24N2O3/c1-4-6-7-8-9-10-11-15-13-21(19(23)20-18(15)22)17-12-14(3)16(5-2)24-17/h1,13-14,16-17H,5-9,12H2,2-3H3,(H,20,22,23)/t14-,16-,17-/m1/s1. The van der Waals surface area contributed by atoms with Crippen molar-refractivity contribution < 1.29 is 4.74 Å². The van der Waals surface area contributed by atoms with Gasteiger partial charge in [0, 0.05) is 19.0 Å². The third kappa shape index (κ3) is 4.40. The van der Waals surface area contributed by atoms with Crippen molar-refractivity contribution in [1.82, 2.24) is 9.55 Å². The molecule has 24 heavy (non-hydrogen) atoms. The molecule has 0 radical (unpaired) electrons. The van der Waals surface area contributed by atoms with E-state index in [1.165, 1.54) is 10.8 Å². The van der Waals surface area contributed by atoms with Crippen molar-refractivity contribution in [2.45, 2.75) is 64.7 Å². The molecule has 0 aliphatic carbocycles. The van der Waals surface area contributed by atoms with Gasteiger partial charge in [0.1, 0.15) is 11.8 Å². The molecule has 0 unspecified atom stereocenters. The van der Waals surface area contributed by atoms with Crippen molar-refractivity contribution in [1.29, 1.82) is 0 Å². The Morgan fingerprint density at radius 1 is 1.38 bits per heavy atom. The lowest BCUT2D eigenvalue weighted by Crippen LogP contribution is -2.33. The van der Waals surface area contributed by atoms with E-state index in [2.05, 4.69) is 36.6 Å². The smallest absolute Gasteiger partial charge is 0.330 e. The van der Waals surface area contributed by atoms with Crippen LogP contribution in [0.1, 0.15) is 64.2 Å². The van der Waals surface area contributed by atoms with Crippen molar-refractivity contribution in [2.24, 2.45) is 5.92 Å². The first kappa shape index (κ1) is 18.1. The van der Waals surface area contributed by atoms with Crippen LogP contribution in [0.15, 0.2) is 15.8 Å². The van der Waals surface area contributed by atoms with Crippen molar-refractivity contribution >= 4 is 0 Å². The van der Waals surface area contributed by atoms with E-state index in [1.807, 2.05) is 0 Å². The van der Waals surface area contributed by atoms with E-state index >= 15 is 0 Å². The molecule has 1 aromatic heterocycles. The normalized spacial score (nSPS) is 22.6. The van der Waals surface area contributed by atoms with Crippen LogP contribution < -0.4 is 11.2 Å². The second kappa shape index (κ2) is 8.57. The molecule has 0 bridgehead atoms. The molecule has 1 aliphatic rings. The molecule has 1 aromatic rings. The molecule has 1 saturated heterocycles. The zero-order valence-electron chi connectivity index (χ0n) is 14.3. The number of terminal acetylenes is 1. The zero-order valence-corrected chi connectivity index (χ0v) is 14.3. The summed E-state index contributed by atoms with van der Waals surface area (Å²) in [7, 11) is 0. The highest BCUT2D eigenvalue weighted by atomic mass is 16.5. The molecule has 1 fully saturated rings. The average molecular weight is 328 g/mol. The van der Waals surface area contributed by atoms with Gasteiger partial charge in [-0.3, -0.25) is 14.3 Å². The van der Waals surface area contributed by atoms with Gasteiger partial charge in [-0.15, -0.1) is 12.3 Å². The minimum atomic E-state index is -0.453. The molecule has 0 saturated carbocycles. The minimum absolute atomic E-state index is 0.138. The van der Waals surface area contributed by atoms with Crippen molar-refractivity contribution in [2.75, 3.05) is 0 Å². The number of nitrogens with zero attached hydrogens (tertiary/aromatic N) is 1. The molecule has 0 spiro atoms. The monoisotopic (exact) mass is 328 g/mol. The van der Waals surface area contributed by atoms with Gasteiger partial charge in [-0.05, 0) is 31.6 Å². The molecule has 5 nitrogen and oxygen atoms in total. The fraction of sp³-hybridized carbons (Fsp3) is 0.579. The first-order valence-electron chi connectivity index (χ1n) is 8.50. The summed E-state index contributed by atoms with van der Waals surface area (Å²) in [5.41, 5.74) is -0.610. The van der Waals surface area contributed by atoms with Gasteiger partial charge in [-0.25, -0.2) is 4.79 Å². The van der Waals surface area contributed by atoms with E-state index in [4.69, 9.17) is 11.2 Å². The Bertz CT molecular complexity index is 773. The first-order chi connectivity index (χ1) is 11.6. The topological polar surface area (TPSA) is 64.1 Å². The highest BCUT2D eigenvalue weighted by Crippen LogP contribution is 2.33. The van der Waals surface area contributed by atoms with Gasteiger partial charge in [0.25, 0.3) is 5.56 Å². The second-order valence-corrected chi connectivity index (χ2v) is 6.17. The van der Waals surface area contributed by atoms with Crippen molar-refractivity contribution in [3.8, 4) is 24.2 Å². The summed E-state index contributed by atoms with van der Waals surface area (Å²) < 4.78 is 7.38. The van der Waals surface area contributed by atoms with Crippen LogP contribution in [0.5, 0.6) is 0 Å². The number of aromatic nitrogens is 2. The summed E-state index contributed by atoms with van der Waals surface area (Å²) in [5.74, 6) is 8.80. The fourth-order valence-electron chi connectivity index (χ4n) is 2.93. The zero-order chi connectivity index (χ0) is 17.5. The lowest BCUT2D eigenvalue weighted by atomic mass is 10.0. The maximum Gasteiger partial charge on any atom is 0.330 e. The maximum absolute atomic E-state index is 12.1. The van der Waals surface area contributed by atoms with Crippen molar-refractivity contribution in [3.05, 3.63) is 32.6 Å². The predicted molar refractivity (Wildman–Crippen MR) is 93.5 cm³/mol. The number of H-pyrrole nitrogens is 1. The molecular weight excluding hydrogens is 304 g/mol. The summed E-state index contributed by atoms with van der Waals surface area (Å²) in [6, 6.07) is 0. The summed E-state index contributed by atoms with van der Waals surface area (Å²) in [6.07, 6.45) is 11.4. The molecule has 128 valence electrons. The van der Waals surface area contributed by atoms with E-state index in [0.29, 0.717) is 17.9 Å². The summed E-state index contributed by atoms with van der Waals surface area (Å²) >= 11 is 0. The number of nitrogens with one attached hydrogen (secondary N) is 1. The largest absolute Gasteiger partial charge is 0.354 e. The van der Waals surface area contributed by atoms with Crippen LogP contribution in [0.2, 0.25) is 0 Å².